The van der Waals surface area contributed by atoms with Crippen molar-refractivity contribution in [2.45, 2.75) is 19.3 Å². The van der Waals surface area contributed by atoms with Crippen LogP contribution in [-0.2, 0) is 5.41 Å². The molecule has 3 heterocycles. The second kappa shape index (κ2) is 12.5. The first kappa shape index (κ1) is 32.3. The molecule has 1 aliphatic rings. The largest absolute Gasteiger partial charge is 0.316 e. The number of para-hydroxylation sites is 2. The van der Waals surface area contributed by atoms with Crippen LogP contribution in [0.1, 0.15) is 25.0 Å². The van der Waals surface area contributed by atoms with Crippen molar-refractivity contribution >= 4 is 49.8 Å². The molecule has 0 atom stereocenters. The summed E-state index contributed by atoms with van der Waals surface area (Å²) in [5.74, 6) is 0. The summed E-state index contributed by atoms with van der Waals surface area (Å²) in [5, 5.41) is 3.83. The van der Waals surface area contributed by atoms with Crippen LogP contribution in [0.2, 0.25) is 0 Å². The fourth-order valence-corrected chi connectivity index (χ4v) is 9.16. The topological polar surface area (TPSA) is 13.1 Å². The van der Waals surface area contributed by atoms with Crippen LogP contribution in [0.4, 0.5) is 17.1 Å². The lowest BCUT2D eigenvalue weighted by atomic mass is 9.74. The molecule has 0 aliphatic carbocycles. The van der Waals surface area contributed by atoms with Gasteiger partial charge in [-0.25, -0.2) is 0 Å². The molecule has 0 amide bonds. The van der Waals surface area contributed by atoms with Crippen LogP contribution >= 0.6 is 0 Å². The zero-order chi connectivity index (χ0) is 37.4. The van der Waals surface area contributed by atoms with Crippen LogP contribution in [0.15, 0.2) is 200 Å². The average Bonchev–Trinajstić information content (AvgIpc) is 3.85. The number of anilines is 3. The lowest BCUT2D eigenvalue weighted by Crippen LogP contribution is -2.26. The Balaban J connectivity index is 1.06. The lowest BCUT2D eigenvalue weighted by Gasteiger charge is -2.34. The third-order valence-electron chi connectivity index (χ3n) is 11.9. The van der Waals surface area contributed by atoms with E-state index in [-0.39, 0.29) is 5.41 Å². The summed E-state index contributed by atoms with van der Waals surface area (Å²) in [7, 11) is 0. The SMILES string of the molecule is CC1(C)c2ccccc2-n2ccc3c2c1cc1c2ccccc2n(-c2ccc(N(c4ccc(-c5ccccc5)cc4)c4ccc(-c5ccccc5)cc4)cc2)c13. The van der Waals surface area contributed by atoms with Gasteiger partial charge in [-0.15, -0.1) is 0 Å². The highest BCUT2D eigenvalue weighted by atomic mass is 15.1. The molecular formula is C53H39N3. The van der Waals surface area contributed by atoms with E-state index in [1.165, 1.54) is 71.8 Å². The fourth-order valence-electron chi connectivity index (χ4n) is 9.16. The molecule has 0 N–H and O–H groups in total. The van der Waals surface area contributed by atoms with Crippen LogP contribution in [-0.4, -0.2) is 9.13 Å². The van der Waals surface area contributed by atoms with Gasteiger partial charge in [0.2, 0.25) is 0 Å². The standard InChI is InChI=1S/C53H39N3/c1-53(2)47-18-10-12-20-50(47)54-34-33-45-51-46(35-48(53)52(45)54)44-17-9-11-19-49(44)56(51)43-31-29-42(30-32-43)55(40-25-21-38(22-26-40)36-13-5-3-6-14-36)41-27-23-39(24-28-41)37-15-7-4-8-16-37/h3-35H,1-2H3. The molecular weight excluding hydrogens is 679 g/mol. The van der Waals surface area contributed by atoms with Gasteiger partial charge in [-0.1, -0.05) is 135 Å². The van der Waals surface area contributed by atoms with Crippen molar-refractivity contribution in [3.8, 4) is 33.6 Å². The summed E-state index contributed by atoms with van der Waals surface area (Å²) >= 11 is 0. The average molecular weight is 718 g/mol. The molecule has 0 saturated heterocycles. The van der Waals surface area contributed by atoms with E-state index >= 15 is 0 Å². The minimum atomic E-state index is -0.135. The van der Waals surface area contributed by atoms with Crippen molar-refractivity contribution < 1.29 is 0 Å². The molecule has 56 heavy (non-hydrogen) atoms. The van der Waals surface area contributed by atoms with Gasteiger partial charge in [0.15, 0.2) is 0 Å². The number of benzene rings is 8. The summed E-state index contributed by atoms with van der Waals surface area (Å²) in [6.07, 6.45) is 2.26. The first-order valence-corrected chi connectivity index (χ1v) is 19.4. The summed E-state index contributed by atoms with van der Waals surface area (Å²) < 4.78 is 4.87. The molecule has 0 spiro atoms. The van der Waals surface area contributed by atoms with Crippen LogP contribution in [0.25, 0.3) is 66.3 Å². The van der Waals surface area contributed by atoms with E-state index in [4.69, 9.17) is 0 Å². The lowest BCUT2D eigenvalue weighted by molar-refractivity contribution is 0.629. The normalized spacial score (nSPS) is 13.0. The zero-order valence-electron chi connectivity index (χ0n) is 31.4. The van der Waals surface area contributed by atoms with Gasteiger partial charge in [0.1, 0.15) is 0 Å². The van der Waals surface area contributed by atoms with Crippen molar-refractivity contribution in [2.24, 2.45) is 0 Å². The van der Waals surface area contributed by atoms with E-state index in [2.05, 4.69) is 228 Å². The van der Waals surface area contributed by atoms with Gasteiger partial charge in [0.05, 0.1) is 16.6 Å². The maximum absolute atomic E-state index is 2.47. The van der Waals surface area contributed by atoms with Crippen molar-refractivity contribution in [1.29, 1.82) is 0 Å². The summed E-state index contributed by atoms with van der Waals surface area (Å²) in [5.41, 5.74) is 16.9. The van der Waals surface area contributed by atoms with Crippen molar-refractivity contribution in [1.82, 2.24) is 9.13 Å². The monoisotopic (exact) mass is 717 g/mol. The number of aromatic nitrogens is 2. The van der Waals surface area contributed by atoms with Crippen LogP contribution < -0.4 is 4.90 Å². The summed E-state index contributed by atoms with van der Waals surface area (Å²) in [6.45, 7) is 4.74. The second-order valence-electron chi connectivity index (χ2n) is 15.4. The highest BCUT2D eigenvalue weighted by molar-refractivity contribution is 6.20. The molecule has 10 aromatic rings. The van der Waals surface area contributed by atoms with Crippen molar-refractivity contribution in [3.63, 3.8) is 0 Å². The molecule has 0 fully saturated rings. The minimum absolute atomic E-state index is 0.135. The number of fused-ring (bicyclic) bond motifs is 6. The molecule has 0 saturated carbocycles. The second-order valence-corrected chi connectivity index (χ2v) is 15.4. The number of rotatable bonds is 6. The molecule has 8 aromatic carbocycles. The quantitative estimate of drug-likeness (QED) is 0.167. The zero-order valence-corrected chi connectivity index (χ0v) is 31.4. The molecule has 11 rings (SSSR count). The van der Waals surface area contributed by atoms with Gasteiger partial charge >= 0.3 is 0 Å². The van der Waals surface area contributed by atoms with E-state index in [0.29, 0.717) is 0 Å². The van der Waals surface area contributed by atoms with E-state index in [9.17, 15) is 0 Å². The highest BCUT2D eigenvalue weighted by Gasteiger charge is 2.35. The van der Waals surface area contributed by atoms with Crippen molar-refractivity contribution in [3.05, 3.63) is 211 Å². The predicted octanol–water partition coefficient (Wildman–Crippen LogP) is 14.2. The van der Waals surface area contributed by atoms with Gasteiger partial charge in [-0.3, -0.25) is 0 Å². The summed E-state index contributed by atoms with van der Waals surface area (Å²) in [4.78, 5) is 2.36. The highest BCUT2D eigenvalue weighted by Crippen LogP contribution is 2.48. The van der Waals surface area contributed by atoms with Gasteiger partial charge in [0, 0.05) is 56.2 Å². The van der Waals surface area contributed by atoms with E-state index in [1.54, 1.807) is 0 Å². The number of hydrogen-bond donors (Lipinski definition) is 0. The Bertz CT molecular complexity index is 2980. The maximum Gasteiger partial charge on any atom is 0.0635 e. The minimum Gasteiger partial charge on any atom is -0.316 e. The first-order chi connectivity index (χ1) is 27.5. The maximum atomic E-state index is 2.47. The van der Waals surface area contributed by atoms with Gasteiger partial charge in [0.25, 0.3) is 0 Å². The van der Waals surface area contributed by atoms with E-state index in [0.717, 1.165) is 22.7 Å². The van der Waals surface area contributed by atoms with Crippen LogP contribution in [0.3, 0.4) is 0 Å². The molecule has 3 nitrogen and oxygen atoms in total. The molecule has 266 valence electrons. The first-order valence-electron chi connectivity index (χ1n) is 19.4. The third-order valence-corrected chi connectivity index (χ3v) is 11.9. The molecule has 2 aromatic heterocycles. The Hall–Kier alpha value is -7.10. The number of nitrogens with zero attached hydrogens (tertiary/aromatic N) is 3. The summed E-state index contributed by atoms with van der Waals surface area (Å²) in [6, 6.07) is 70.6. The Morgan fingerprint density at radius 2 is 0.929 bits per heavy atom. The molecule has 0 bridgehead atoms. The Morgan fingerprint density at radius 1 is 0.411 bits per heavy atom. The smallest absolute Gasteiger partial charge is 0.0635 e. The van der Waals surface area contributed by atoms with E-state index in [1.807, 2.05) is 0 Å². The van der Waals surface area contributed by atoms with Gasteiger partial charge < -0.3 is 14.0 Å². The Kier molecular flexibility index (Phi) is 7.20. The third kappa shape index (κ3) is 4.91. The van der Waals surface area contributed by atoms with Crippen LogP contribution in [0.5, 0.6) is 0 Å². The predicted molar refractivity (Wildman–Crippen MR) is 235 cm³/mol. The van der Waals surface area contributed by atoms with Gasteiger partial charge in [-0.2, -0.15) is 0 Å². The molecule has 1 aliphatic heterocycles. The van der Waals surface area contributed by atoms with Crippen LogP contribution in [0, 0.1) is 0 Å². The molecule has 0 radical (unpaired) electrons. The molecule has 0 unspecified atom stereocenters. The Labute approximate surface area is 327 Å². The fraction of sp³-hybridized carbons (Fsp3) is 0.0566. The molecule has 3 heteroatoms. The van der Waals surface area contributed by atoms with E-state index < -0.39 is 0 Å². The van der Waals surface area contributed by atoms with Gasteiger partial charge in [-0.05, 0) is 106 Å². The number of hydrogen-bond acceptors (Lipinski definition) is 1. The van der Waals surface area contributed by atoms with Crippen molar-refractivity contribution in [2.75, 3.05) is 4.90 Å². The Morgan fingerprint density at radius 3 is 1.55 bits per heavy atom.